The molecule has 0 aliphatic heterocycles. The van der Waals surface area contributed by atoms with Gasteiger partial charge in [-0.25, -0.2) is 0 Å². The highest BCUT2D eigenvalue weighted by Gasteiger charge is 2.12. The van der Waals surface area contributed by atoms with Crippen molar-refractivity contribution in [2.45, 2.75) is 13.5 Å². The number of furan rings is 1. The fraction of sp³-hybridized carbons (Fsp3) is 0.154. The Labute approximate surface area is 93.9 Å². The molecule has 0 bridgehead atoms. The largest absolute Gasteiger partial charge is 0.458 e. The lowest BCUT2D eigenvalue weighted by atomic mass is 10.1. The summed E-state index contributed by atoms with van der Waals surface area (Å²) in [5, 5.41) is 0. The molecule has 0 saturated heterocycles. The van der Waals surface area contributed by atoms with Crippen molar-refractivity contribution in [3.8, 4) is 0 Å². The second-order valence-corrected chi connectivity index (χ2v) is 3.64. The second-order valence-electron chi connectivity index (χ2n) is 3.64. The van der Waals surface area contributed by atoms with Gasteiger partial charge in [0.05, 0.1) is 0 Å². The van der Waals surface area contributed by atoms with Crippen molar-refractivity contribution in [3.05, 3.63) is 59.0 Å². The van der Waals surface area contributed by atoms with Gasteiger partial charge in [-0.05, 0) is 30.7 Å². The first-order chi connectivity index (χ1) is 7.70. The van der Waals surface area contributed by atoms with E-state index in [0.29, 0.717) is 17.9 Å². The summed E-state index contributed by atoms with van der Waals surface area (Å²) in [6, 6.07) is 10.7. The average molecular weight is 215 g/mol. The molecule has 0 aliphatic rings. The van der Waals surface area contributed by atoms with Gasteiger partial charge in [0.1, 0.15) is 5.76 Å². The molecule has 0 fully saturated rings. The summed E-state index contributed by atoms with van der Waals surface area (Å²) in [7, 11) is 0. The molecule has 1 heterocycles. The first-order valence-electron chi connectivity index (χ1n) is 5.11. The number of rotatable bonds is 3. The predicted octanol–water partition coefficient (Wildman–Crippen LogP) is 2.28. The van der Waals surface area contributed by atoms with Gasteiger partial charge in [0.15, 0.2) is 5.76 Å². The molecule has 3 heteroatoms. The monoisotopic (exact) mass is 215 g/mol. The highest BCUT2D eigenvalue weighted by atomic mass is 16.3. The number of carbonyl (C=O) groups is 1. The molecular formula is C13H13NO2. The maximum Gasteiger partial charge on any atom is 0.228 e. The lowest BCUT2D eigenvalue weighted by molar-refractivity contribution is 0.101. The van der Waals surface area contributed by atoms with Crippen molar-refractivity contribution in [2.75, 3.05) is 0 Å². The van der Waals surface area contributed by atoms with Crippen LogP contribution >= 0.6 is 0 Å². The van der Waals surface area contributed by atoms with Crippen molar-refractivity contribution in [1.82, 2.24) is 0 Å². The minimum atomic E-state index is -0.108. The Kier molecular flexibility index (Phi) is 2.88. The second kappa shape index (κ2) is 4.33. The van der Waals surface area contributed by atoms with E-state index in [1.807, 2.05) is 19.1 Å². The molecule has 3 nitrogen and oxygen atoms in total. The Hall–Kier alpha value is -1.87. The first-order valence-corrected chi connectivity index (χ1v) is 5.11. The molecule has 1 aromatic heterocycles. The molecule has 0 aliphatic carbocycles. The van der Waals surface area contributed by atoms with E-state index >= 15 is 0 Å². The van der Waals surface area contributed by atoms with Crippen LogP contribution in [0.5, 0.6) is 0 Å². The van der Waals surface area contributed by atoms with Gasteiger partial charge in [0.25, 0.3) is 0 Å². The van der Waals surface area contributed by atoms with Gasteiger partial charge in [-0.3, -0.25) is 4.79 Å². The highest BCUT2D eigenvalue weighted by Crippen LogP contribution is 2.14. The van der Waals surface area contributed by atoms with E-state index in [2.05, 4.69) is 0 Å². The first kappa shape index (κ1) is 10.6. The van der Waals surface area contributed by atoms with E-state index in [4.69, 9.17) is 10.2 Å². The van der Waals surface area contributed by atoms with Crippen molar-refractivity contribution in [1.29, 1.82) is 0 Å². The Bertz CT molecular complexity index is 514. The fourth-order valence-electron chi connectivity index (χ4n) is 1.54. The van der Waals surface area contributed by atoms with E-state index in [1.54, 1.807) is 24.3 Å². The summed E-state index contributed by atoms with van der Waals surface area (Å²) in [4.78, 5) is 12.0. The normalized spacial score (nSPS) is 10.4. The van der Waals surface area contributed by atoms with Crippen LogP contribution in [0.2, 0.25) is 0 Å². The number of nitrogens with two attached hydrogens (primary N) is 1. The lowest BCUT2D eigenvalue weighted by Gasteiger charge is -2.00. The molecule has 0 unspecified atom stereocenters. The summed E-state index contributed by atoms with van der Waals surface area (Å²) in [6.07, 6.45) is 0. The molecule has 2 N–H and O–H groups in total. The smallest absolute Gasteiger partial charge is 0.228 e. The number of carbonyl (C=O) groups excluding carboxylic acids is 1. The summed E-state index contributed by atoms with van der Waals surface area (Å²) in [6.45, 7) is 2.24. The van der Waals surface area contributed by atoms with Gasteiger partial charge >= 0.3 is 0 Å². The molecule has 82 valence electrons. The van der Waals surface area contributed by atoms with Crippen molar-refractivity contribution >= 4 is 5.78 Å². The Morgan fingerprint density at radius 1 is 1.31 bits per heavy atom. The van der Waals surface area contributed by atoms with E-state index in [9.17, 15) is 4.79 Å². The Morgan fingerprint density at radius 2 is 2.12 bits per heavy atom. The van der Waals surface area contributed by atoms with Gasteiger partial charge in [-0.15, -0.1) is 0 Å². The van der Waals surface area contributed by atoms with Crippen LogP contribution in [0.25, 0.3) is 0 Å². The van der Waals surface area contributed by atoms with Crippen LogP contribution in [-0.2, 0) is 6.54 Å². The van der Waals surface area contributed by atoms with Gasteiger partial charge < -0.3 is 10.2 Å². The van der Waals surface area contributed by atoms with Crippen LogP contribution in [0.15, 0.2) is 40.8 Å². The number of benzene rings is 1. The van der Waals surface area contributed by atoms with E-state index in [-0.39, 0.29) is 5.78 Å². The van der Waals surface area contributed by atoms with Crippen LogP contribution in [0.1, 0.15) is 27.4 Å². The standard InChI is InChI=1S/C13H13NO2/c1-9-5-6-12(16-9)13(15)11-4-2-3-10(7-11)8-14/h2-7H,8,14H2,1H3. The maximum absolute atomic E-state index is 12.0. The van der Waals surface area contributed by atoms with Crippen LogP contribution in [0, 0.1) is 6.92 Å². The Balaban J connectivity index is 2.33. The molecule has 0 radical (unpaired) electrons. The molecule has 0 saturated carbocycles. The highest BCUT2D eigenvalue weighted by molar-refractivity contribution is 6.07. The third kappa shape index (κ3) is 2.04. The lowest BCUT2D eigenvalue weighted by Crippen LogP contribution is -2.02. The van der Waals surface area contributed by atoms with Crippen LogP contribution in [-0.4, -0.2) is 5.78 Å². The third-order valence-electron chi connectivity index (χ3n) is 2.39. The van der Waals surface area contributed by atoms with Gasteiger partial charge in [0.2, 0.25) is 5.78 Å². The molecule has 0 amide bonds. The summed E-state index contributed by atoms with van der Waals surface area (Å²) < 4.78 is 5.29. The van der Waals surface area contributed by atoms with E-state index < -0.39 is 0 Å². The molecule has 0 atom stereocenters. The SMILES string of the molecule is Cc1ccc(C(=O)c2cccc(CN)c2)o1. The quantitative estimate of drug-likeness (QED) is 0.799. The predicted molar refractivity (Wildman–Crippen MR) is 61.2 cm³/mol. The zero-order valence-electron chi connectivity index (χ0n) is 9.07. The zero-order valence-corrected chi connectivity index (χ0v) is 9.07. The number of hydrogen-bond donors (Lipinski definition) is 1. The fourth-order valence-corrected chi connectivity index (χ4v) is 1.54. The zero-order chi connectivity index (χ0) is 11.5. The summed E-state index contributed by atoms with van der Waals surface area (Å²) >= 11 is 0. The van der Waals surface area contributed by atoms with Crippen molar-refractivity contribution in [3.63, 3.8) is 0 Å². The van der Waals surface area contributed by atoms with Gasteiger partial charge in [0, 0.05) is 12.1 Å². The molecule has 2 rings (SSSR count). The van der Waals surface area contributed by atoms with Gasteiger partial charge in [-0.2, -0.15) is 0 Å². The third-order valence-corrected chi connectivity index (χ3v) is 2.39. The van der Waals surface area contributed by atoms with Crippen molar-refractivity contribution in [2.24, 2.45) is 5.73 Å². The minimum absolute atomic E-state index is 0.108. The molecule has 16 heavy (non-hydrogen) atoms. The maximum atomic E-state index is 12.0. The van der Waals surface area contributed by atoms with Crippen molar-refractivity contribution < 1.29 is 9.21 Å². The molecule has 2 aromatic rings. The molecular weight excluding hydrogens is 202 g/mol. The summed E-state index contributed by atoms with van der Waals surface area (Å²) in [5.74, 6) is 0.994. The Morgan fingerprint density at radius 3 is 2.75 bits per heavy atom. The number of hydrogen-bond acceptors (Lipinski definition) is 3. The van der Waals surface area contributed by atoms with E-state index in [0.717, 1.165) is 11.3 Å². The van der Waals surface area contributed by atoms with Gasteiger partial charge in [-0.1, -0.05) is 18.2 Å². The van der Waals surface area contributed by atoms with Crippen LogP contribution in [0.4, 0.5) is 0 Å². The summed E-state index contributed by atoms with van der Waals surface area (Å²) in [5.41, 5.74) is 7.07. The number of ketones is 1. The minimum Gasteiger partial charge on any atom is -0.458 e. The van der Waals surface area contributed by atoms with Crippen LogP contribution < -0.4 is 5.73 Å². The average Bonchev–Trinajstić information content (AvgIpc) is 2.75. The molecule has 0 spiro atoms. The number of aryl methyl sites for hydroxylation is 1. The topological polar surface area (TPSA) is 56.2 Å². The molecule has 1 aromatic carbocycles. The van der Waals surface area contributed by atoms with Crippen LogP contribution in [0.3, 0.4) is 0 Å². The van der Waals surface area contributed by atoms with E-state index in [1.165, 1.54) is 0 Å².